The summed E-state index contributed by atoms with van der Waals surface area (Å²) in [6.45, 7) is 2.64. The van der Waals surface area contributed by atoms with E-state index in [4.69, 9.17) is 11.6 Å². The van der Waals surface area contributed by atoms with Gasteiger partial charge in [0, 0.05) is 11.6 Å². The number of hydrogen-bond acceptors (Lipinski definition) is 4. The number of unbranched alkanes of at least 4 members (excludes halogenated alkanes) is 5. The lowest BCUT2D eigenvalue weighted by atomic mass is 10.00. The van der Waals surface area contributed by atoms with Gasteiger partial charge in [-0.25, -0.2) is 5.43 Å². The summed E-state index contributed by atoms with van der Waals surface area (Å²) in [6.07, 6.45) is 6.64. The molecule has 1 saturated heterocycles. The number of halogens is 1. The Morgan fingerprint density at radius 3 is 2.39 bits per heavy atom. The van der Waals surface area contributed by atoms with E-state index in [0.717, 1.165) is 19.3 Å². The fourth-order valence-electron chi connectivity index (χ4n) is 2.81. The van der Waals surface area contributed by atoms with Crippen LogP contribution in [0.5, 0.6) is 0 Å². The summed E-state index contributed by atoms with van der Waals surface area (Å²) in [5.41, 5.74) is 3.52. The summed E-state index contributed by atoms with van der Waals surface area (Å²) in [6, 6.07) is 5.81. The first kappa shape index (κ1) is 18.2. The Balaban J connectivity index is 1.91. The van der Waals surface area contributed by atoms with Crippen LogP contribution in [0.2, 0.25) is 5.02 Å². The van der Waals surface area contributed by atoms with Gasteiger partial charge in [-0.2, -0.15) is 0 Å². The van der Waals surface area contributed by atoms with E-state index in [1.807, 2.05) is 0 Å². The van der Waals surface area contributed by atoms with Crippen molar-refractivity contribution in [3.8, 4) is 0 Å². The van der Waals surface area contributed by atoms with E-state index in [-0.39, 0.29) is 0 Å². The van der Waals surface area contributed by atoms with E-state index in [9.17, 15) is 15.0 Å². The molecule has 0 aliphatic carbocycles. The van der Waals surface area contributed by atoms with Crippen LogP contribution in [0.25, 0.3) is 0 Å². The number of benzene rings is 1. The van der Waals surface area contributed by atoms with Gasteiger partial charge in [0.2, 0.25) is 0 Å². The second kappa shape index (κ2) is 8.11. The number of nitrogens with zero attached hydrogens (tertiary/aromatic N) is 1. The van der Waals surface area contributed by atoms with Crippen LogP contribution in [0.15, 0.2) is 24.3 Å². The Morgan fingerprint density at radius 2 is 1.74 bits per heavy atom. The van der Waals surface area contributed by atoms with Crippen LogP contribution in [0, 0.1) is 0 Å². The molecule has 0 saturated carbocycles. The molecule has 1 atom stereocenters. The van der Waals surface area contributed by atoms with Crippen molar-refractivity contribution < 1.29 is 15.0 Å². The van der Waals surface area contributed by atoms with E-state index in [2.05, 4.69) is 12.3 Å². The first-order valence-corrected chi connectivity index (χ1v) is 8.63. The van der Waals surface area contributed by atoms with Gasteiger partial charge in [0.05, 0.1) is 0 Å². The van der Waals surface area contributed by atoms with E-state index in [1.165, 1.54) is 24.3 Å². The number of carbonyl (C=O) groups is 1. The Kier molecular flexibility index (Phi) is 6.41. The lowest BCUT2D eigenvalue weighted by Crippen LogP contribution is -2.42. The first-order chi connectivity index (χ1) is 11.0. The van der Waals surface area contributed by atoms with Crippen molar-refractivity contribution in [3.63, 3.8) is 0 Å². The zero-order chi connectivity index (χ0) is 16.9. The molecule has 0 bridgehead atoms. The quantitative estimate of drug-likeness (QED) is 0.502. The van der Waals surface area contributed by atoms with Crippen LogP contribution in [0.3, 0.4) is 0 Å². The van der Waals surface area contributed by atoms with Gasteiger partial charge >= 0.3 is 0 Å². The molecule has 5 nitrogen and oxygen atoms in total. The Bertz CT molecular complexity index is 519. The molecule has 1 heterocycles. The second-order valence-electron chi connectivity index (χ2n) is 6.06. The van der Waals surface area contributed by atoms with Gasteiger partial charge in [0.15, 0.2) is 0 Å². The average molecular weight is 341 g/mol. The molecule has 6 heteroatoms. The standard InChI is InChI=1S/C17H25ClN2O3/c1-2-3-4-5-6-7-12-20-16(21)17(22,23)15(19-20)13-8-10-14(18)11-9-13/h8-11,15,19,22-23H,2-7,12H2,1H3. The van der Waals surface area contributed by atoms with Crippen molar-refractivity contribution in [2.75, 3.05) is 6.54 Å². The third-order valence-corrected chi connectivity index (χ3v) is 4.44. The molecular formula is C17H25ClN2O3. The molecule has 1 aromatic carbocycles. The molecule has 0 radical (unpaired) electrons. The first-order valence-electron chi connectivity index (χ1n) is 8.25. The van der Waals surface area contributed by atoms with Crippen molar-refractivity contribution in [3.05, 3.63) is 34.9 Å². The number of nitrogens with one attached hydrogen (secondary N) is 1. The molecule has 0 aromatic heterocycles. The summed E-state index contributed by atoms with van der Waals surface area (Å²) in [5, 5.41) is 22.2. The Morgan fingerprint density at radius 1 is 1.13 bits per heavy atom. The Labute approximate surface area is 142 Å². The highest BCUT2D eigenvalue weighted by Gasteiger charge is 2.52. The lowest BCUT2D eigenvalue weighted by molar-refractivity contribution is -0.186. The van der Waals surface area contributed by atoms with Gasteiger partial charge in [-0.3, -0.25) is 9.80 Å². The topological polar surface area (TPSA) is 72.8 Å². The molecule has 0 spiro atoms. The second-order valence-corrected chi connectivity index (χ2v) is 6.50. The highest BCUT2D eigenvalue weighted by Crippen LogP contribution is 2.32. The summed E-state index contributed by atoms with van der Waals surface area (Å²) in [4.78, 5) is 12.2. The zero-order valence-corrected chi connectivity index (χ0v) is 14.2. The van der Waals surface area contributed by atoms with Crippen LogP contribution in [0.1, 0.15) is 57.1 Å². The number of hydrogen-bond donors (Lipinski definition) is 3. The van der Waals surface area contributed by atoms with Crippen LogP contribution in [-0.2, 0) is 4.79 Å². The largest absolute Gasteiger partial charge is 0.357 e. The predicted octanol–water partition coefficient (Wildman–Crippen LogP) is 2.77. The maximum atomic E-state index is 12.2. The molecular weight excluding hydrogens is 316 g/mol. The minimum atomic E-state index is -2.43. The average Bonchev–Trinajstić information content (AvgIpc) is 2.75. The SMILES string of the molecule is CCCCCCCCN1NC(c2ccc(Cl)cc2)C(O)(O)C1=O. The van der Waals surface area contributed by atoms with E-state index in [0.29, 0.717) is 17.1 Å². The smallest absolute Gasteiger partial charge is 0.298 e. The molecule has 23 heavy (non-hydrogen) atoms. The number of aliphatic hydroxyl groups is 2. The minimum Gasteiger partial charge on any atom is -0.357 e. The number of amides is 1. The van der Waals surface area contributed by atoms with Crippen molar-refractivity contribution in [2.24, 2.45) is 0 Å². The molecule has 1 aromatic rings. The maximum Gasteiger partial charge on any atom is 0.298 e. The monoisotopic (exact) mass is 340 g/mol. The van der Waals surface area contributed by atoms with Crippen LogP contribution >= 0.6 is 11.6 Å². The summed E-state index contributed by atoms with van der Waals surface area (Å²) in [5.74, 6) is -3.14. The van der Waals surface area contributed by atoms with Crippen LogP contribution < -0.4 is 5.43 Å². The van der Waals surface area contributed by atoms with Gasteiger partial charge in [0.1, 0.15) is 6.04 Å². The number of carbonyl (C=O) groups excluding carboxylic acids is 1. The fraction of sp³-hybridized carbons (Fsp3) is 0.588. The fourth-order valence-corrected chi connectivity index (χ4v) is 2.93. The third kappa shape index (κ3) is 4.44. The van der Waals surface area contributed by atoms with Crippen LogP contribution in [-0.4, -0.2) is 33.5 Å². The van der Waals surface area contributed by atoms with Gasteiger partial charge in [-0.15, -0.1) is 0 Å². The molecule has 1 aliphatic heterocycles. The zero-order valence-electron chi connectivity index (χ0n) is 13.5. The maximum absolute atomic E-state index is 12.2. The van der Waals surface area contributed by atoms with Crippen molar-refractivity contribution in [1.29, 1.82) is 0 Å². The van der Waals surface area contributed by atoms with E-state index >= 15 is 0 Å². The molecule has 1 unspecified atom stereocenters. The molecule has 3 N–H and O–H groups in total. The van der Waals surface area contributed by atoms with Crippen molar-refractivity contribution in [1.82, 2.24) is 10.4 Å². The highest BCUT2D eigenvalue weighted by atomic mass is 35.5. The molecule has 1 fully saturated rings. The Hall–Kier alpha value is -1.14. The van der Waals surface area contributed by atoms with Crippen molar-refractivity contribution in [2.45, 2.75) is 57.3 Å². The van der Waals surface area contributed by atoms with Gasteiger partial charge in [-0.1, -0.05) is 62.8 Å². The normalized spacial score (nSPS) is 20.3. The number of hydrazine groups is 1. The number of rotatable bonds is 8. The summed E-state index contributed by atoms with van der Waals surface area (Å²) < 4.78 is 0. The summed E-state index contributed by atoms with van der Waals surface area (Å²) in [7, 11) is 0. The molecule has 1 aliphatic rings. The van der Waals surface area contributed by atoms with Gasteiger partial charge in [-0.05, 0) is 24.1 Å². The summed E-state index contributed by atoms with van der Waals surface area (Å²) >= 11 is 5.84. The van der Waals surface area contributed by atoms with Crippen molar-refractivity contribution >= 4 is 17.5 Å². The molecule has 2 rings (SSSR count). The van der Waals surface area contributed by atoms with Crippen LogP contribution in [0.4, 0.5) is 0 Å². The van der Waals surface area contributed by atoms with E-state index in [1.54, 1.807) is 24.3 Å². The lowest BCUT2D eigenvalue weighted by Gasteiger charge is -2.20. The third-order valence-electron chi connectivity index (χ3n) is 4.19. The van der Waals surface area contributed by atoms with Gasteiger partial charge in [0.25, 0.3) is 11.7 Å². The molecule has 1 amide bonds. The highest BCUT2D eigenvalue weighted by molar-refractivity contribution is 6.30. The molecule has 128 valence electrons. The minimum absolute atomic E-state index is 0.470. The van der Waals surface area contributed by atoms with E-state index < -0.39 is 17.7 Å². The van der Waals surface area contributed by atoms with Gasteiger partial charge < -0.3 is 10.2 Å². The predicted molar refractivity (Wildman–Crippen MR) is 89.6 cm³/mol.